The van der Waals surface area contributed by atoms with Crippen LogP contribution in [0.25, 0.3) is 0 Å². The Labute approximate surface area is 119 Å². The van der Waals surface area contributed by atoms with Crippen molar-refractivity contribution in [2.45, 2.75) is 32.1 Å². The number of benzene rings is 1. The molecule has 0 aliphatic heterocycles. The SMILES string of the molecule is [CH2-]c1cc(C)ccc1C1CCCC1[CH2-].[Y]. The second-order valence-electron chi connectivity index (χ2n) is 4.50. The zero-order valence-corrected chi connectivity index (χ0v) is 12.3. The van der Waals surface area contributed by atoms with Gasteiger partial charge >= 0.3 is 0 Å². The van der Waals surface area contributed by atoms with Gasteiger partial charge in [0.25, 0.3) is 0 Å². The summed E-state index contributed by atoms with van der Waals surface area (Å²) in [6, 6.07) is 6.61. The molecule has 0 spiro atoms. The summed E-state index contributed by atoms with van der Waals surface area (Å²) in [6.45, 7) is 10.5. The third-order valence-corrected chi connectivity index (χ3v) is 3.36. The summed E-state index contributed by atoms with van der Waals surface area (Å²) in [4.78, 5) is 0. The summed E-state index contributed by atoms with van der Waals surface area (Å²) < 4.78 is 0. The molecule has 0 nitrogen and oxygen atoms in total. The molecule has 1 heteroatoms. The van der Waals surface area contributed by atoms with Crippen molar-refractivity contribution in [2.75, 3.05) is 0 Å². The molecule has 0 heterocycles. The van der Waals surface area contributed by atoms with Crippen LogP contribution in [0.5, 0.6) is 0 Å². The number of aryl methyl sites for hydroxylation is 1. The van der Waals surface area contributed by atoms with Gasteiger partial charge in [-0.25, -0.2) is 0 Å². The summed E-state index contributed by atoms with van der Waals surface area (Å²) >= 11 is 0. The Balaban J connectivity index is 0.00000112. The fourth-order valence-corrected chi connectivity index (χ4v) is 2.54. The maximum atomic E-state index is 4.23. The van der Waals surface area contributed by atoms with Gasteiger partial charge in [-0.2, -0.15) is 24.5 Å². The minimum atomic E-state index is 0. The van der Waals surface area contributed by atoms with E-state index in [4.69, 9.17) is 0 Å². The Hall–Kier alpha value is 0.194. The molecule has 0 N–H and O–H groups in total. The second-order valence-corrected chi connectivity index (χ2v) is 4.50. The fourth-order valence-electron chi connectivity index (χ4n) is 2.54. The van der Waals surface area contributed by atoms with Crippen LogP contribution in [-0.2, 0) is 32.7 Å². The number of hydrogen-bond acceptors (Lipinski definition) is 0. The Kier molecular flexibility index (Phi) is 4.86. The van der Waals surface area contributed by atoms with E-state index in [1.807, 2.05) is 0 Å². The molecular weight excluding hydrogens is 257 g/mol. The first kappa shape index (κ1) is 13.3. The standard InChI is InChI=1S/C14H18.Y/c1-10-7-8-14(12(3)9-10)13-6-4-5-11(13)2;/h7-9,11,13H,2-6H2,1H3;/q-2;. The van der Waals surface area contributed by atoms with Crippen molar-refractivity contribution in [1.29, 1.82) is 0 Å². The molecule has 2 atom stereocenters. The summed E-state index contributed by atoms with van der Waals surface area (Å²) in [7, 11) is 0. The van der Waals surface area contributed by atoms with Crippen LogP contribution in [0.1, 0.15) is 41.9 Å². The van der Waals surface area contributed by atoms with Crippen molar-refractivity contribution in [1.82, 2.24) is 0 Å². The molecule has 0 amide bonds. The molecule has 1 aromatic carbocycles. The monoisotopic (exact) mass is 275 g/mol. The van der Waals surface area contributed by atoms with E-state index in [-0.39, 0.29) is 32.7 Å². The van der Waals surface area contributed by atoms with Crippen molar-refractivity contribution in [2.24, 2.45) is 5.92 Å². The smallest absolute Gasteiger partial charge is 0 e. The predicted molar refractivity (Wildman–Crippen MR) is 61.1 cm³/mol. The first-order valence-corrected chi connectivity index (χ1v) is 5.44. The van der Waals surface area contributed by atoms with Gasteiger partial charge < -0.3 is 6.92 Å². The fraction of sp³-hybridized carbons (Fsp3) is 0.429. The Bertz CT molecular complexity index is 330. The van der Waals surface area contributed by atoms with Crippen LogP contribution in [0.3, 0.4) is 0 Å². The van der Waals surface area contributed by atoms with Gasteiger partial charge in [-0.3, -0.25) is 0 Å². The van der Waals surface area contributed by atoms with Crippen LogP contribution in [0.4, 0.5) is 0 Å². The van der Waals surface area contributed by atoms with Crippen LogP contribution in [0.15, 0.2) is 18.2 Å². The van der Waals surface area contributed by atoms with Gasteiger partial charge in [0.1, 0.15) is 0 Å². The molecule has 1 saturated carbocycles. The van der Waals surface area contributed by atoms with Crippen molar-refractivity contribution in [3.8, 4) is 0 Å². The van der Waals surface area contributed by atoms with Crippen LogP contribution in [0.2, 0.25) is 0 Å². The zero-order chi connectivity index (χ0) is 10.1. The Morgan fingerprint density at radius 1 is 1.27 bits per heavy atom. The maximum Gasteiger partial charge on any atom is 0 e. The molecular formula is C14H18Y-2. The molecule has 0 bridgehead atoms. The molecule has 79 valence electrons. The average molecular weight is 275 g/mol. The van der Waals surface area contributed by atoms with Gasteiger partial charge in [0.05, 0.1) is 0 Å². The molecule has 0 saturated heterocycles. The van der Waals surface area contributed by atoms with Gasteiger partial charge in [-0.05, 0) is 0 Å². The van der Waals surface area contributed by atoms with Crippen molar-refractivity contribution in [3.63, 3.8) is 0 Å². The summed E-state index contributed by atoms with van der Waals surface area (Å²) in [5, 5.41) is 0. The molecule has 1 aromatic rings. The van der Waals surface area contributed by atoms with Crippen LogP contribution in [-0.4, -0.2) is 0 Å². The third kappa shape index (κ3) is 2.85. The normalized spacial score (nSPS) is 24.9. The Morgan fingerprint density at radius 2 is 2.00 bits per heavy atom. The van der Waals surface area contributed by atoms with Crippen molar-refractivity contribution < 1.29 is 32.7 Å². The molecule has 0 aromatic heterocycles. The van der Waals surface area contributed by atoms with Gasteiger partial charge in [0.2, 0.25) is 0 Å². The quantitative estimate of drug-likeness (QED) is 0.682. The number of hydrogen-bond donors (Lipinski definition) is 0. The van der Waals surface area contributed by atoms with E-state index < -0.39 is 0 Å². The molecule has 1 fully saturated rings. The molecule has 2 unspecified atom stereocenters. The average Bonchev–Trinajstić information content (AvgIpc) is 2.52. The van der Waals surface area contributed by atoms with Crippen molar-refractivity contribution >= 4 is 0 Å². The van der Waals surface area contributed by atoms with E-state index in [0.717, 1.165) is 0 Å². The van der Waals surface area contributed by atoms with Crippen LogP contribution in [0, 0.1) is 26.7 Å². The van der Waals surface area contributed by atoms with Gasteiger partial charge in [-0.1, -0.05) is 38.2 Å². The minimum absolute atomic E-state index is 0. The topological polar surface area (TPSA) is 0 Å². The number of rotatable bonds is 1. The van der Waals surface area contributed by atoms with E-state index in [2.05, 4.69) is 39.0 Å². The Morgan fingerprint density at radius 3 is 2.53 bits per heavy atom. The maximum absolute atomic E-state index is 4.23. The van der Waals surface area contributed by atoms with E-state index >= 15 is 0 Å². The minimum Gasteiger partial charge on any atom is -0.341 e. The molecule has 1 aliphatic carbocycles. The zero-order valence-electron chi connectivity index (χ0n) is 9.50. The second kappa shape index (κ2) is 5.50. The first-order valence-electron chi connectivity index (χ1n) is 5.44. The summed E-state index contributed by atoms with van der Waals surface area (Å²) in [5.41, 5.74) is 3.93. The molecule has 1 aliphatic rings. The van der Waals surface area contributed by atoms with E-state index in [1.165, 1.54) is 36.0 Å². The van der Waals surface area contributed by atoms with E-state index in [0.29, 0.717) is 11.8 Å². The molecule has 15 heavy (non-hydrogen) atoms. The third-order valence-electron chi connectivity index (χ3n) is 3.36. The van der Waals surface area contributed by atoms with E-state index in [1.54, 1.807) is 0 Å². The van der Waals surface area contributed by atoms with E-state index in [9.17, 15) is 0 Å². The molecule has 1 radical (unpaired) electrons. The van der Waals surface area contributed by atoms with Gasteiger partial charge in [-0.15, -0.1) is 17.2 Å². The van der Waals surface area contributed by atoms with Gasteiger partial charge in [0.15, 0.2) is 0 Å². The van der Waals surface area contributed by atoms with Gasteiger partial charge in [0, 0.05) is 32.7 Å². The van der Waals surface area contributed by atoms with Crippen LogP contribution < -0.4 is 0 Å². The first-order chi connectivity index (χ1) is 6.68. The molecule has 2 rings (SSSR count). The largest absolute Gasteiger partial charge is 0.341 e. The summed E-state index contributed by atoms with van der Waals surface area (Å²) in [6.07, 6.45) is 3.89. The van der Waals surface area contributed by atoms with Crippen LogP contribution >= 0.6 is 0 Å². The summed E-state index contributed by atoms with van der Waals surface area (Å²) in [5.74, 6) is 1.25. The predicted octanol–water partition coefficient (Wildman–Crippen LogP) is 3.89. The van der Waals surface area contributed by atoms with Crippen molar-refractivity contribution in [3.05, 3.63) is 48.7 Å².